The van der Waals surface area contributed by atoms with Crippen molar-refractivity contribution in [2.45, 2.75) is 38.2 Å². The lowest BCUT2D eigenvalue weighted by molar-refractivity contribution is 0.0721. The van der Waals surface area contributed by atoms with E-state index in [1.54, 1.807) is 0 Å². The van der Waals surface area contributed by atoms with Crippen molar-refractivity contribution in [2.24, 2.45) is 0 Å². The standard InChI is InChI=1S/C18H19BrO/c1-2-3-6-12-18(20)15-10-5-4-8-13(15)14-9-7-11-16(19)17(14)18/h4-5,7-11,20H,2-3,6,12H2,1H3. The first-order chi connectivity index (χ1) is 9.68. The topological polar surface area (TPSA) is 20.2 Å². The number of unbranched alkanes of at least 4 members (excludes halogenated alkanes) is 2. The van der Waals surface area contributed by atoms with Crippen molar-refractivity contribution >= 4 is 15.9 Å². The summed E-state index contributed by atoms with van der Waals surface area (Å²) < 4.78 is 1.00. The van der Waals surface area contributed by atoms with Crippen LogP contribution < -0.4 is 0 Å². The summed E-state index contributed by atoms with van der Waals surface area (Å²) in [6.07, 6.45) is 4.15. The summed E-state index contributed by atoms with van der Waals surface area (Å²) in [6.45, 7) is 2.19. The van der Waals surface area contributed by atoms with Gasteiger partial charge in [-0.2, -0.15) is 0 Å². The Morgan fingerprint density at radius 3 is 2.55 bits per heavy atom. The number of aliphatic hydroxyl groups is 1. The number of hydrogen-bond donors (Lipinski definition) is 1. The molecular weight excluding hydrogens is 312 g/mol. The lowest BCUT2D eigenvalue weighted by Gasteiger charge is -2.26. The Labute approximate surface area is 128 Å². The SMILES string of the molecule is CCCCCC1(O)c2ccccc2-c2cccc(Br)c21. The molecule has 0 saturated carbocycles. The van der Waals surface area contributed by atoms with E-state index in [1.807, 2.05) is 24.3 Å². The van der Waals surface area contributed by atoms with Crippen LogP contribution in [0.25, 0.3) is 11.1 Å². The first-order valence-corrected chi connectivity index (χ1v) is 8.09. The molecule has 2 heteroatoms. The highest BCUT2D eigenvalue weighted by Crippen LogP contribution is 2.52. The van der Waals surface area contributed by atoms with Crippen molar-refractivity contribution in [3.63, 3.8) is 0 Å². The predicted molar refractivity (Wildman–Crippen MR) is 86.7 cm³/mol. The van der Waals surface area contributed by atoms with Crippen LogP contribution in [-0.2, 0) is 5.60 Å². The number of fused-ring (bicyclic) bond motifs is 3. The average molecular weight is 331 g/mol. The van der Waals surface area contributed by atoms with Crippen molar-refractivity contribution in [3.05, 3.63) is 58.1 Å². The van der Waals surface area contributed by atoms with Gasteiger partial charge in [0.2, 0.25) is 0 Å². The maximum Gasteiger partial charge on any atom is 0.117 e. The van der Waals surface area contributed by atoms with Crippen LogP contribution in [0, 0.1) is 0 Å². The van der Waals surface area contributed by atoms with Gasteiger partial charge in [0.1, 0.15) is 5.60 Å². The number of rotatable bonds is 4. The minimum Gasteiger partial charge on any atom is -0.380 e. The molecule has 2 aromatic carbocycles. The molecule has 1 unspecified atom stereocenters. The fourth-order valence-corrected chi connectivity index (χ4v) is 3.97. The second kappa shape index (κ2) is 5.34. The Balaban J connectivity index is 2.15. The second-order valence-corrected chi connectivity index (χ2v) is 6.38. The first-order valence-electron chi connectivity index (χ1n) is 7.29. The van der Waals surface area contributed by atoms with Crippen LogP contribution in [0.5, 0.6) is 0 Å². The molecule has 0 bridgehead atoms. The third-order valence-electron chi connectivity index (χ3n) is 4.23. The summed E-state index contributed by atoms with van der Waals surface area (Å²) in [6, 6.07) is 14.4. The molecule has 3 rings (SSSR count). The molecule has 1 nitrogen and oxygen atoms in total. The molecule has 0 aromatic heterocycles. The fourth-order valence-electron chi connectivity index (χ4n) is 3.27. The molecule has 0 heterocycles. The summed E-state index contributed by atoms with van der Waals surface area (Å²) in [5, 5.41) is 11.4. The quantitative estimate of drug-likeness (QED) is 0.759. The minimum absolute atomic E-state index is 0.785. The predicted octanol–water partition coefficient (Wildman–Crippen LogP) is 5.25. The van der Waals surface area contributed by atoms with Gasteiger partial charge in [-0.15, -0.1) is 0 Å². The van der Waals surface area contributed by atoms with Gasteiger partial charge in [0.05, 0.1) is 0 Å². The Morgan fingerprint density at radius 1 is 1.00 bits per heavy atom. The highest BCUT2D eigenvalue weighted by atomic mass is 79.9. The van der Waals surface area contributed by atoms with E-state index in [4.69, 9.17) is 0 Å². The zero-order valence-electron chi connectivity index (χ0n) is 11.7. The third-order valence-corrected chi connectivity index (χ3v) is 4.89. The van der Waals surface area contributed by atoms with Crippen molar-refractivity contribution in [2.75, 3.05) is 0 Å². The summed E-state index contributed by atoms with van der Waals surface area (Å²) in [5.41, 5.74) is 3.58. The van der Waals surface area contributed by atoms with E-state index in [0.29, 0.717) is 0 Å². The molecule has 1 aliphatic rings. The van der Waals surface area contributed by atoms with Gasteiger partial charge in [0, 0.05) is 10.0 Å². The van der Waals surface area contributed by atoms with Crippen molar-refractivity contribution in [1.29, 1.82) is 0 Å². The molecule has 0 amide bonds. The molecule has 20 heavy (non-hydrogen) atoms. The smallest absolute Gasteiger partial charge is 0.117 e. The Bertz CT molecular complexity index is 635. The minimum atomic E-state index is -0.846. The van der Waals surface area contributed by atoms with Crippen LogP contribution in [-0.4, -0.2) is 5.11 Å². The normalized spacial score (nSPS) is 19.8. The van der Waals surface area contributed by atoms with E-state index in [9.17, 15) is 5.11 Å². The zero-order valence-corrected chi connectivity index (χ0v) is 13.3. The maximum atomic E-state index is 11.4. The van der Waals surface area contributed by atoms with Gasteiger partial charge in [-0.3, -0.25) is 0 Å². The van der Waals surface area contributed by atoms with Gasteiger partial charge >= 0.3 is 0 Å². The summed E-state index contributed by atoms with van der Waals surface area (Å²) in [7, 11) is 0. The van der Waals surface area contributed by atoms with Gasteiger partial charge in [-0.25, -0.2) is 0 Å². The molecule has 2 aromatic rings. The average Bonchev–Trinajstić information content (AvgIpc) is 2.71. The van der Waals surface area contributed by atoms with E-state index >= 15 is 0 Å². The molecule has 104 valence electrons. The number of halogens is 1. The molecule has 1 atom stereocenters. The van der Waals surface area contributed by atoms with Gasteiger partial charge in [-0.1, -0.05) is 72.1 Å². The molecule has 0 fully saturated rings. The first kappa shape index (κ1) is 13.8. The van der Waals surface area contributed by atoms with E-state index < -0.39 is 5.60 Å². The van der Waals surface area contributed by atoms with E-state index in [2.05, 4.69) is 41.1 Å². The summed E-state index contributed by atoms with van der Waals surface area (Å²) >= 11 is 3.63. The monoisotopic (exact) mass is 330 g/mol. The van der Waals surface area contributed by atoms with Crippen molar-refractivity contribution in [1.82, 2.24) is 0 Å². The Morgan fingerprint density at radius 2 is 1.75 bits per heavy atom. The fraction of sp³-hybridized carbons (Fsp3) is 0.333. The van der Waals surface area contributed by atoms with Crippen LogP contribution in [0.3, 0.4) is 0 Å². The van der Waals surface area contributed by atoms with Gasteiger partial charge < -0.3 is 5.11 Å². The lowest BCUT2D eigenvalue weighted by Crippen LogP contribution is -2.25. The number of hydrogen-bond acceptors (Lipinski definition) is 1. The molecule has 0 spiro atoms. The van der Waals surface area contributed by atoms with E-state index in [1.165, 1.54) is 12.0 Å². The van der Waals surface area contributed by atoms with Crippen molar-refractivity contribution in [3.8, 4) is 11.1 Å². The molecular formula is C18H19BrO. The van der Waals surface area contributed by atoms with Gasteiger partial charge in [-0.05, 0) is 35.6 Å². The van der Waals surface area contributed by atoms with Crippen molar-refractivity contribution < 1.29 is 5.11 Å². The third kappa shape index (κ3) is 2.02. The molecule has 0 saturated heterocycles. The molecule has 1 N–H and O–H groups in total. The highest BCUT2D eigenvalue weighted by Gasteiger charge is 2.42. The number of benzene rings is 2. The summed E-state index contributed by atoms with van der Waals surface area (Å²) in [5.74, 6) is 0. The summed E-state index contributed by atoms with van der Waals surface area (Å²) in [4.78, 5) is 0. The van der Waals surface area contributed by atoms with Crippen LogP contribution in [0.1, 0.15) is 43.7 Å². The molecule has 1 aliphatic carbocycles. The highest BCUT2D eigenvalue weighted by molar-refractivity contribution is 9.10. The second-order valence-electron chi connectivity index (χ2n) is 5.53. The molecule has 0 aliphatic heterocycles. The Kier molecular flexibility index (Phi) is 3.70. The van der Waals surface area contributed by atoms with Crippen LogP contribution in [0.15, 0.2) is 46.9 Å². The largest absolute Gasteiger partial charge is 0.380 e. The molecule has 0 radical (unpaired) electrons. The van der Waals surface area contributed by atoms with E-state index in [0.717, 1.165) is 40.4 Å². The van der Waals surface area contributed by atoms with Crippen LogP contribution in [0.2, 0.25) is 0 Å². The van der Waals surface area contributed by atoms with Gasteiger partial charge in [0.25, 0.3) is 0 Å². The van der Waals surface area contributed by atoms with Gasteiger partial charge in [0.15, 0.2) is 0 Å². The van der Waals surface area contributed by atoms with E-state index in [-0.39, 0.29) is 0 Å². The lowest BCUT2D eigenvalue weighted by atomic mass is 9.86. The van der Waals surface area contributed by atoms with Crippen LogP contribution >= 0.6 is 15.9 Å². The maximum absolute atomic E-state index is 11.4. The van der Waals surface area contributed by atoms with Crippen LogP contribution in [0.4, 0.5) is 0 Å². The Hall–Kier alpha value is -1.12. The zero-order chi connectivity index (χ0) is 14.2.